The summed E-state index contributed by atoms with van der Waals surface area (Å²) in [5.74, 6) is -2.00. The molecule has 212 valence electrons. The van der Waals surface area contributed by atoms with Crippen LogP contribution in [0, 0.1) is 18.6 Å². The summed E-state index contributed by atoms with van der Waals surface area (Å²) in [6, 6.07) is 2.00. The van der Waals surface area contributed by atoms with Gasteiger partial charge in [-0.1, -0.05) is 28.4 Å². The van der Waals surface area contributed by atoms with E-state index < -0.39 is 65.2 Å². The van der Waals surface area contributed by atoms with Gasteiger partial charge in [0.1, 0.15) is 46.5 Å². The average Bonchev–Trinajstić information content (AvgIpc) is 3.53. The first-order chi connectivity index (χ1) is 18.9. The smallest absolute Gasteiger partial charge is 0.394 e. The summed E-state index contributed by atoms with van der Waals surface area (Å²) in [6.45, 7) is 0.793. The highest BCUT2D eigenvalue weighted by atomic mass is 35.5. The molecule has 1 aliphatic rings. The van der Waals surface area contributed by atoms with Gasteiger partial charge in [0.05, 0.1) is 29.6 Å². The number of aryl methyl sites for hydroxylation is 1. The second-order valence-corrected chi connectivity index (χ2v) is 9.74. The molecule has 1 aromatic carbocycles. The number of hydrogen-bond donors (Lipinski definition) is 2. The molecule has 4 aromatic rings. The van der Waals surface area contributed by atoms with Crippen LogP contribution >= 0.6 is 23.2 Å². The number of halogens is 7. The van der Waals surface area contributed by atoms with Gasteiger partial charge >= 0.3 is 6.18 Å². The Bertz CT molecular complexity index is 1540. The molecule has 1 saturated heterocycles. The molecule has 0 spiro atoms. The molecule has 1 fully saturated rings. The van der Waals surface area contributed by atoms with Crippen molar-refractivity contribution in [3.8, 4) is 16.9 Å². The Labute approximate surface area is 231 Å². The summed E-state index contributed by atoms with van der Waals surface area (Å²) in [5.41, 5.74) is -1.70. The first-order valence-electron chi connectivity index (χ1n) is 11.5. The van der Waals surface area contributed by atoms with Gasteiger partial charge in [-0.3, -0.25) is 0 Å². The topological polar surface area (TPSA) is 124 Å². The Kier molecular flexibility index (Phi) is 7.52. The SMILES string of the molecule is Cc1nc(C2CC(n3cc(-c4cc(F)c(Cl)c(F)c4)nn3)C(O)C(CO)O2)n(-c2cc(Cl)cnc2C(F)(F)F)n1. The van der Waals surface area contributed by atoms with E-state index in [1.54, 1.807) is 0 Å². The Hall–Kier alpha value is -3.24. The second-order valence-electron chi connectivity index (χ2n) is 8.93. The normalized spacial score (nSPS) is 21.6. The third kappa shape index (κ3) is 5.26. The molecule has 10 nitrogen and oxygen atoms in total. The van der Waals surface area contributed by atoms with E-state index in [1.807, 2.05) is 0 Å². The van der Waals surface area contributed by atoms with E-state index in [-0.39, 0.29) is 34.3 Å². The number of pyridine rings is 1. The van der Waals surface area contributed by atoms with Crippen LogP contribution in [0.4, 0.5) is 22.0 Å². The lowest BCUT2D eigenvalue weighted by atomic mass is 9.95. The number of aliphatic hydroxyl groups is 2. The molecule has 17 heteroatoms. The third-order valence-corrected chi connectivity index (χ3v) is 6.80. The number of ether oxygens (including phenoxy) is 1. The van der Waals surface area contributed by atoms with E-state index in [2.05, 4.69) is 25.4 Å². The molecule has 3 aromatic heterocycles. The van der Waals surface area contributed by atoms with Crippen molar-refractivity contribution >= 4 is 23.2 Å². The maximum absolute atomic E-state index is 14.0. The fraction of sp³-hybridized carbons (Fsp3) is 0.348. The first-order valence-corrected chi connectivity index (χ1v) is 12.3. The van der Waals surface area contributed by atoms with Crippen molar-refractivity contribution in [2.45, 2.75) is 43.9 Å². The van der Waals surface area contributed by atoms with Crippen LogP contribution in [0.25, 0.3) is 16.9 Å². The summed E-state index contributed by atoms with van der Waals surface area (Å²) in [4.78, 5) is 7.68. The minimum Gasteiger partial charge on any atom is -0.394 e. The van der Waals surface area contributed by atoms with Crippen molar-refractivity contribution < 1.29 is 36.9 Å². The van der Waals surface area contributed by atoms with E-state index >= 15 is 0 Å². The van der Waals surface area contributed by atoms with Crippen molar-refractivity contribution in [3.05, 3.63) is 69.6 Å². The van der Waals surface area contributed by atoms with Gasteiger partial charge in [-0.25, -0.2) is 28.1 Å². The second kappa shape index (κ2) is 10.6. The molecule has 4 heterocycles. The molecule has 40 heavy (non-hydrogen) atoms. The first kappa shape index (κ1) is 28.3. The van der Waals surface area contributed by atoms with Crippen molar-refractivity contribution in [1.29, 1.82) is 0 Å². The number of benzene rings is 1. The zero-order valence-corrected chi connectivity index (χ0v) is 21.7. The molecule has 0 amide bonds. The lowest BCUT2D eigenvalue weighted by molar-refractivity contribution is -0.161. The Morgan fingerprint density at radius 3 is 2.50 bits per heavy atom. The molecule has 0 saturated carbocycles. The monoisotopic (exact) mass is 605 g/mol. The zero-order chi connectivity index (χ0) is 28.9. The van der Waals surface area contributed by atoms with Crippen LogP contribution < -0.4 is 0 Å². The van der Waals surface area contributed by atoms with Crippen molar-refractivity contribution in [2.24, 2.45) is 0 Å². The maximum Gasteiger partial charge on any atom is 0.435 e. The van der Waals surface area contributed by atoms with E-state index in [1.165, 1.54) is 17.8 Å². The van der Waals surface area contributed by atoms with Gasteiger partial charge in [0.25, 0.3) is 0 Å². The largest absolute Gasteiger partial charge is 0.435 e. The summed E-state index contributed by atoms with van der Waals surface area (Å²) in [5, 5.41) is 32.0. The minimum absolute atomic E-state index is 0.0194. The van der Waals surface area contributed by atoms with E-state index in [0.29, 0.717) is 0 Å². The molecule has 1 aliphatic heterocycles. The van der Waals surface area contributed by atoms with Gasteiger partial charge in [0.15, 0.2) is 11.5 Å². The molecule has 4 unspecified atom stereocenters. The van der Waals surface area contributed by atoms with Gasteiger partial charge in [-0.15, -0.1) is 5.10 Å². The van der Waals surface area contributed by atoms with Crippen LogP contribution in [-0.4, -0.2) is 63.8 Å². The summed E-state index contributed by atoms with van der Waals surface area (Å²) >= 11 is 11.5. The highest BCUT2D eigenvalue weighted by Gasteiger charge is 2.43. The molecule has 0 radical (unpaired) electrons. The number of aromatic nitrogens is 7. The van der Waals surface area contributed by atoms with Crippen LogP contribution in [0.15, 0.2) is 30.6 Å². The molecule has 0 bridgehead atoms. The number of rotatable bonds is 5. The van der Waals surface area contributed by atoms with E-state index in [9.17, 15) is 32.2 Å². The predicted molar refractivity (Wildman–Crippen MR) is 129 cm³/mol. The lowest BCUT2D eigenvalue weighted by Crippen LogP contribution is -2.45. The molecule has 5 rings (SSSR count). The van der Waals surface area contributed by atoms with Crippen molar-refractivity contribution in [1.82, 2.24) is 34.7 Å². The highest BCUT2D eigenvalue weighted by molar-refractivity contribution is 6.31. The van der Waals surface area contributed by atoms with Crippen molar-refractivity contribution in [3.63, 3.8) is 0 Å². The number of hydrogen-bond acceptors (Lipinski definition) is 8. The predicted octanol–water partition coefficient (Wildman–Crippen LogP) is 4.26. The van der Waals surface area contributed by atoms with Crippen LogP contribution in [0.3, 0.4) is 0 Å². The van der Waals surface area contributed by atoms with Gasteiger partial charge in [0.2, 0.25) is 0 Å². The Balaban J connectivity index is 1.54. The molecule has 2 N–H and O–H groups in total. The Morgan fingerprint density at radius 1 is 1.15 bits per heavy atom. The van der Waals surface area contributed by atoms with Gasteiger partial charge in [0, 0.05) is 18.2 Å². The molecular formula is C23H18Cl2F5N7O3. The summed E-state index contributed by atoms with van der Waals surface area (Å²) < 4.78 is 77.2. The summed E-state index contributed by atoms with van der Waals surface area (Å²) in [6.07, 6.45) is -6.48. The quantitative estimate of drug-likeness (QED) is 0.255. The van der Waals surface area contributed by atoms with E-state index in [0.717, 1.165) is 29.1 Å². The standard InChI is InChI=1S/C23H18Cl2F5N7O3/c1-9-32-22(37(34-9)16-4-11(24)6-31-21(16)23(28,29)30)17-5-15(20(39)18(8-38)40-17)36-7-14(33-35-36)10-2-12(26)19(25)13(27)3-10/h2-4,6-7,15,17-18,20,38-39H,5,8H2,1H3. The zero-order valence-electron chi connectivity index (χ0n) is 20.2. The number of nitrogens with zero attached hydrogens (tertiary/aromatic N) is 7. The lowest BCUT2D eigenvalue weighted by Gasteiger charge is -2.38. The van der Waals surface area contributed by atoms with Crippen LogP contribution in [0.5, 0.6) is 0 Å². The number of alkyl halides is 3. The highest BCUT2D eigenvalue weighted by Crippen LogP contribution is 2.40. The van der Waals surface area contributed by atoms with Crippen LogP contribution in [0.2, 0.25) is 10.0 Å². The fourth-order valence-corrected chi connectivity index (χ4v) is 4.70. The molecule has 4 atom stereocenters. The van der Waals surface area contributed by atoms with Gasteiger partial charge < -0.3 is 14.9 Å². The fourth-order valence-electron chi connectivity index (χ4n) is 4.44. The van der Waals surface area contributed by atoms with E-state index in [4.69, 9.17) is 27.9 Å². The maximum atomic E-state index is 14.0. The third-order valence-electron chi connectivity index (χ3n) is 6.24. The molecular weight excluding hydrogens is 588 g/mol. The minimum atomic E-state index is -4.85. The van der Waals surface area contributed by atoms with Crippen LogP contribution in [0.1, 0.15) is 35.9 Å². The average molecular weight is 606 g/mol. The number of aliphatic hydroxyl groups excluding tert-OH is 2. The summed E-state index contributed by atoms with van der Waals surface area (Å²) in [7, 11) is 0. The van der Waals surface area contributed by atoms with Gasteiger partial charge in [-0.05, 0) is 25.1 Å². The van der Waals surface area contributed by atoms with Gasteiger partial charge in [-0.2, -0.15) is 18.3 Å². The van der Waals surface area contributed by atoms with Crippen molar-refractivity contribution in [2.75, 3.05) is 6.61 Å². The Morgan fingerprint density at radius 2 is 1.85 bits per heavy atom. The molecule has 0 aliphatic carbocycles. The van der Waals surface area contributed by atoms with Crippen LogP contribution in [-0.2, 0) is 10.9 Å².